The molecule has 25 heavy (non-hydrogen) atoms. The maximum Gasteiger partial charge on any atom is 0.274 e. The largest absolute Gasteiger partial charge is 0.491 e. The summed E-state index contributed by atoms with van der Waals surface area (Å²) < 4.78 is 7.98. The van der Waals surface area contributed by atoms with Crippen molar-refractivity contribution in [3.8, 4) is 5.75 Å². The first kappa shape index (κ1) is 19.6. The van der Waals surface area contributed by atoms with Gasteiger partial charge in [0.15, 0.2) is 11.4 Å². The van der Waals surface area contributed by atoms with Crippen molar-refractivity contribution >= 4 is 28.4 Å². The van der Waals surface area contributed by atoms with Gasteiger partial charge >= 0.3 is 0 Å². The third-order valence-corrected chi connectivity index (χ3v) is 4.53. The number of nitrogens with zero attached hydrogens (tertiary/aromatic N) is 3. The summed E-state index contributed by atoms with van der Waals surface area (Å²) in [5.41, 5.74) is 1.59. The van der Waals surface area contributed by atoms with Crippen LogP contribution in [0.1, 0.15) is 31.3 Å². The molecule has 1 amide bonds. The van der Waals surface area contributed by atoms with E-state index in [1.54, 1.807) is 0 Å². The Bertz CT molecular complexity index is 736. The summed E-state index contributed by atoms with van der Waals surface area (Å²) in [6.45, 7) is 9.28. The summed E-state index contributed by atoms with van der Waals surface area (Å²) in [7, 11) is 4.05. The molecule has 0 bridgehead atoms. The van der Waals surface area contributed by atoms with E-state index in [1.165, 1.54) is 0 Å². The van der Waals surface area contributed by atoms with Crippen LogP contribution in [0.5, 0.6) is 5.75 Å². The Hall–Kier alpha value is -1.72. The molecule has 0 N–H and O–H groups in total. The second-order valence-electron chi connectivity index (χ2n) is 6.20. The minimum atomic E-state index is -0.000437. The Kier molecular flexibility index (Phi) is 6.73. The SMILES string of the molecule is CCOc1c(C(=O)N(CC)CC)n(CCN(C)C)c2ccc(Cl)cc12. The first-order valence-electron chi connectivity index (χ1n) is 8.83. The molecule has 0 atom stereocenters. The molecule has 0 aliphatic rings. The van der Waals surface area contributed by atoms with E-state index < -0.39 is 0 Å². The van der Waals surface area contributed by atoms with Crippen LogP contribution in [0.4, 0.5) is 0 Å². The first-order valence-corrected chi connectivity index (χ1v) is 9.20. The normalized spacial score (nSPS) is 11.3. The second-order valence-corrected chi connectivity index (χ2v) is 6.64. The van der Waals surface area contributed by atoms with Crippen LogP contribution < -0.4 is 4.74 Å². The average Bonchev–Trinajstić information content (AvgIpc) is 2.87. The lowest BCUT2D eigenvalue weighted by atomic mass is 10.2. The lowest BCUT2D eigenvalue weighted by Gasteiger charge is -2.21. The molecule has 1 aromatic heterocycles. The minimum absolute atomic E-state index is 0.000437. The number of ether oxygens (including phenoxy) is 1. The van der Waals surface area contributed by atoms with Gasteiger partial charge in [-0.3, -0.25) is 4.79 Å². The smallest absolute Gasteiger partial charge is 0.274 e. The van der Waals surface area contributed by atoms with E-state index in [-0.39, 0.29) is 5.91 Å². The van der Waals surface area contributed by atoms with Gasteiger partial charge in [-0.25, -0.2) is 0 Å². The number of aromatic nitrogens is 1. The highest BCUT2D eigenvalue weighted by Crippen LogP contribution is 2.36. The van der Waals surface area contributed by atoms with Crippen LogP contribution in [0.25, 0.3) is 10.9 Å². The molecule has 0 spiro atoms. The van der Waals surface area contributed by atoms with Gasteiger partial charge in [0.1, 0.15) is 0 Å². The maximum absolute atomic E-state index is 13.2. The molecule has 1 heterocycles. The Balaban J connectivity index is 2.70. The van der Waals surface area contributed by atoms with Gasteiger partial charge in [0.2, 0.25) is 0 Å². The molecule has 2 rings (SSSR count). The Labute approximate surface area is 155 Å². The van der Waals surface area contributed by atoms with E-state index in [1.807, 2.05) is 58.0 Å². The van der Waals surface area contributed by atoms with Gasteiger partial charge in [-0.15, -0.1) is 0 Å². The molecule has 0 saturated carbocycles. The monoisotopic (exact) mass is 365 g/mol. The molecule has 5 nitrogen and oxygen atoms in total. The van der Waals surface area contributed by atoms with Gasteiger partial charge in [-0.2, -0.15) is 0 Å². The van der Waals surface area contributed by atoms with Crippen LogP contribution in [0.3, 0.4) is 0 Å². The van der Waals surface area contributed by atoms with Gasteiger partial charge in [-0.1, -0.05) is 11.6 Å². The van der Waals surface area contributed by atoms with Crippen molar-refractivity contribution in [3.63, 3.8) is 0 Å². The molecule has 0 unspecified atom stereocenters. The predicted octanol–water partition coefficient (Wildman–Crippen LogP) is 3.74. The Morgan fingerprint density at radius 3 is 2.44 bits per heavy atom. The zero-order valence-corrected chi connectivity index (χ0v) is 16.6. The summed E-state index contributed by atoms with van der Waals surface area (Å²) in [4.78, 5) is 17.1. The van der Waals surface area contributed by atoms with Crippen molar-refractivity contribution in [2.45, 2.75) is 27.3 Å². The summed E-state index contributed by atoms with van der Waals surface area (Å²) in [5, 5.41) is 1.53. The highest BCUT2D eigenvalue weighted by molar-refractivity contribution is 6.31. The van der Waals surface area contributed by atoms with Crippen molar-refractivity contribution in [3.05, 3.63) is 28.9 Å². The fourth-order valence-electron chi connectivity index (χ4n) is 2.99. The molecule has 2 aromatic rings. The van der Waals surface area contributed by atoms with Gasteiger partial charge in [-0.05, 0) is 53.1 Å². The van der Waals surface area contributed by atoms with Crippen LogP contribution in [-0.2, 0) is 6.54 Å². The zero-order chi connectivity index (χ0) is 18.6. The number of carbonyl (C=O) groups excluding carboxylic acids is 1. The molecule has 0 aliphatic heterocycles. The second kappa shape index (κ2) is 8.59. The van der Waals surface area contributed by atoms with Crippen LogP contribution in [0.15, 0.2) is 18.2 Å². The summed E-state index contributed by atoms with van der Waals surface area (Å²) in [5.74, 6) is 0.634. The fraction of sp³-hybridized carbons (Fsp3) is 0.526. The van der Waals surface area contributed by atoms with Gasteiger partial charge < -0.3 is 19.1 Å². The van der Waals surface area contributed by atoms with E-state index in [9.17, 15) is 4.79 Å². The lowest BCUT2D eigenvalue weighted by molar-refractivity contribution is 0.0757. The number of likely N-dealkylation sites (N-methyl/N-ethyl adjacent to an activating group) is 1. The number of amides is 1. The quantitative estimate of drug-likeness (QED) is 0.715. The number of hydrogen-bond acceptors (Lipinski definition) is 3. The molecule has 138 valence electrons. The average molecular weight is 366 g/mol. The lowest BCUT2D eigenvalue weighted by Crippen LogP contribution is -2.33. The van der Waals surface area contributed by atoms with Crippen molar-refractivity contribution in [2.24, 2.45) is 0 Å². The van der Waals surface area contributed by atoms with E-state index in [0.717, 1.165) is 17.4 Å². The number of hydrogen-bond donors (Lipinski definition) is 0. The van der Waals surface area contributed by atoms with Crippen LogP contribution in [-0.4, -0.2) is 60.6 Å². The van der Waals surface area contributed by atoms with Crippen LogP contribution in [0.2, 0.25) is 5.02 Å². The minimum Gasteiger partial charge on any atom is -0.491 e. The molecule has 6 heteroatoms. The third-order valence-electron chi connectivity index (χ3n) is 4.29. The molecular weight excluding hydrogens is 338 g/mol. The maximum atomic E-state index is 13.2. The zero-order valence-electron chi connectivity index (χ0n) is 15.8. The van der Waals surface area contributed by atoms with E-state index in [0.29, 0.717) is 42.7 Å². The molecule has 0 aliphatic carbocycles. The summed E-state index contributed by atoms with van der Waals surface area (Å²) in [6, 6.07) is 5.71. The van der Waals surface area contributed by atoms with E-state index in [4.69, 9.17) is 16.3 Å². The van der Waals surface area contributed by atoms with Crippen LogP contribution >= 0.6 is 11.6 Å². The van der Waals surface area contributed by atoms with E-state index >= 15 is 0 Å². The number of fused-ring (bicyclic) bond motifs is 1. The number of rotatable bonds is 8. The van der Waals surface area contributed by atoms with Crippen molar-refractivity contribution in [1.29, 1.82) is 0 Å². The molecule has 0 saturated heterocycles. The highest BCUT2D eigenvalue weighted by Gasteiger charge is 2.27. The summed E-state index contributed by atoms with van der Waals surface area (Å²) in [6.07, 6.45) is 0. The Morgan fingerprint density at radius 1 is 1.20 bits per heavy atom. The van der Waals surface area contributed by atoms with Crippen LogP contribution in [0, 0.1) is 0 Å². The topological polar surface area (TPSA) is 37.7 Å². The van der Waals surface area contributed by atoms with Gasteiger partial charge in [0, 0.05) is 36.6 Å². The van der Waals surface area contributed by atoms with Crippen molar-refractivity contribution in [2.75, 3.05) is 40.3 Å². The van der Waals surface area contributed by atoms with Gasteiger partial charge in [0.05, 0.1) is 12.1 Å². The molecule has 0 radical (unpaired) electrons. The Morgan fingerprint density at radius 2 is 1.88 bits per heavy atom. The standard InChI is InChI=1S/C19H28ClN3O2/c1-6-22(7-2)19(24)17-18(25-8-3)15-13-14(20)9-10-16(15)23(17)12-11-21(4)5/h9-10,13H,6-8,11-12H2,1-5H3. The third kappa shape index (κ3) is 4.10. The van der Waals surface area contributed by atoms with Crippen molar-refractivity contribution in [1.82, 2.24) is 14.4 Å². The predicted molar refractivity (Wildman–Crippen MR) is 104 cm³/mol. The van der Waals surface area contributed by atoms with Crippen molar-refractivity contribution < 1.29 is 9.53 Å². The first-order chi connectivity index (χ1) is 11.9. The highest BCUT2D eigenvalue weighted by atomic mass is 35.5. The molecule has 0 fully saturated rings. The number of halogens is 1. The number of benzene rings is 1. The van der Waals surface area contributed by atoms with E-state index in [2.05, 4.69) is 9.47 Å². The molecule has 1 aromatic carbocycles. The number of carbonyl (C=O) groups is 1. The van der Waals surface area contributed by atoms with Gasteiger partial charge in [0.25, 0.3) is 5.91 Å². The fourth-order valence-corrected chi connectivity index (χ4v) is 3.16. The molecular formula is C19H28ClN3O2. The summed E-state index contributed by atoms with van der Waals surface area (Å²) >= 11 is 6.21.